The second-order valence-corrected chi connectivity index (χ2v) is 11.3. The molecule has 218 valence electrons. The highest BCUT2D eigenvalue weighted by molar-refractivity contribution is 5.95. The van der Waals surface area contributed by atoms with Gasteiger partial charge in [0.05, 0.1) is 12.1 Å². The summed E-state index contributed by atoms with van der Waals surface area (Å²) >= 11 is 0. The number of piperazine rings is 1. The van der Waals surface area contributed by atoms with Gasteiger partial charge < -0.3 is 25.8 Å². The van der Waals surface area contributed by atoms with Gasteiger partial charge in [0.15, 0.2) is 0 Å². The molecule has 0 bridgehead atoms. The normalized spacial score (nSPS) is 19.4. The van der Waals surface area contributed by atoms with E-state index in [4.69, 9.17) is 5.10 Å². The van der Waals surface area contributed by atoms with Crippen LogP contribution in [-0.2, 0) is 30.6 Å². The zero-order valence-electron chi connectivity index (χ0n) is 24.3. The van der Waals surface area contributed by atoms with E-state index in [2.05, 4.69) is 117 Å². The summed E-state index contributed by atoms with van der Waals surface area (Å²) in [6.07, 6.45) is 5.56. The maximum Gasteiger partial charge on any atom is 0.239 e. The number of aromatic nitrogens is 1. The number of carbonyl (C=O) groups excluding carboxylic acids is 1. The number of amides is 1. The molecule has 4 aromatic rings. The van der Waals surface area contributed by atoms with Crippen molar-refractivity contribution in [1.29, 1.82) is 0 Å². The minimum atomic E-state index is -0.301. The molecule has 3 aromatic carbocycles. The number of hydrazone groups is 1. The molecule has 2 aliphatic heterocycles. The van der Waals surface area contributed by atoms with Crippen LogP contribution >= 0.6 is 0 Å². The number of para-hydroxylation sites is 1. The number of aromatic amines is 1. The van der Waals surface area contributed by atoms with Crippen LogP contribution < -0.4 is 21.4 Å². The fourth-order valence-electron chi connectivity index (χ4n) is 5.99. The molecule has 5 N–H and O–H groups in total. The van der Waals surface area contributed by atoms with E-state index in [1.165, 1.54) is 22.1 Å². The van der Waals surface area contributed by atoms with Crippen molar-refractivity contribution >= 4 is 22.6 Å². The summed E-state index contributed by atoms with van der Waals surface area (Å²) in [7, 11) is 0. The fourth-order valence-corrected chi connectivity index (χ4v) is 5.99. The highest BCUT2D eigenvalue weighted by atomic mass is 16.2. The molecule has 0 aliphatic carbocycles. The first-order chi connectivity index (χ1) is 20.7. The van der Waals surface area contributed by atoms with Crippen molar-refractivity contribution < 1.29 is 4.79 Å². The minimum absolute atomic E-state index is 0.00488. The molecule has 8 nitrogen and oxygen atoms in total. The average Bonchev–Trinajstić information content (AvgIpc) is 3.64. The van der Waals surface area contributed by atoms with Gasteiger partial charge in [0.1, 0.15) is 12.0 Å². The standard InChI is InChI=1S/C34H41N7O/c1-2-24-12-14-26(15-13-24)23-41-32(17-16-25-8-4-3-5-9-25)39-40-33(41)30(38-34(42)31-22-35-18-19-36-31)20-27-21-37-29-11-7-6-10-28(27)29/h3-15,21,30-32,35-37,39H,2,16-20,22-23H2,1H3,(H,38,42)/t30-,31?,32?/m1/s1. The fraction of sp³-hybridized carbons (Fsp3) is 0.353. The molecule has 2 unspecified atom stereocenters. The Morgan fingerprint density at radius 1 is 0.976 bits per heavy atom. The number of H-pyrrole nitrogens is 1. The Morgan fingerprint density at radius 2 is 1.76 bits per heavy atom. The SMILES string of the molecule is CCc1ccc(CN2C([C@@H](Cc3c[nH]c4ccccc34)NC(=O)C3CNCCN3)=NNC2CCc2ccccc2)cc1. The van der Waals surface area contributed by atoms with Crippen molar-refractivity contribution in [3.8, 4) is 0 Å². The Hall–Kier alpha value is -4.14. The quantitative estimate of drug-likeness (QED) is 0.192. The van der Waals surface area contributed by atoms with Crippen LogP contribution in [0.1, 0.15) is 35.6 Å². The topological polar surface area (TPSA) is 96.6 Å². The smallest absolute Gasteiger partial charge is 0.239 e. The first-order valence-electron chi connectivity index (χ1n) is 15.2. The Morgan fingerprint density at radius 3 is 2.55 bits per heavy atom. The number of hydrogen-bond acceptors (Lipinski definition) is 6. The molecule has 3 heterocycles. The summed E-state index contributed by atoms with van der Waals surface area (Å²) in [6.45, 7) is 5.14. The monoisotopic (exact) mass is 563 g/mol. The zero-order valence-corrected chi connectivity index (χ0v) is 24.3. The number of hydrogen-bond donors (Lipinski definition) is 5. The van der Waals surface area contributed by atoms with Crippen molar-refractivity contribution in [3.05, 3.63) is 107 Å². The van der Waals surface area contributed by atoms with Crippen LogP contribution in [-0.4, -0.2) is 59.5 Å². The van der Waals surface area contributed by atoms with E-state index in [-0.39, 0.29) is 24.2 Å². The van der Waals surface area contributed by atoms with Crippen LogP contribution in [0.3, 0.4) is 0 Å². The molecule has 8 heteroatoms. The van der Waals surface area contributed by atoms with Crippen LogP contribution in [0.2, 0.25) is 0 Å². The van der Waals surface area contributed by atoms with E-state index in [0.29, 0.717) is 19.5 Å². The molecule has 2 aliphatic rings. The summed E-state index contributed by atoms with van der Waals surface area (Å²) in [4.78, 5) is 19.3. The third kappa shape index (κ3) is 6.50. The first kappa shape index (κ1) is 28.0. The summed E-state index contributed by atoms with van der Waals surface area (Å²) in [5.74, 6) is 0.866. The van der Waals surface area contributed by atoms with Gasteiger partial charge in [0, 0.05) is 49.7 Å². The molecule has 42 heavy (non-hydrogen) atoms. The molecule has 0 saturated carbocycles. The highest BCUT2D eigenvalue weighted by Crippen LogP contribution is 2.24. The van der Waals surface area contributed by atoms with Crippen LogP contribution in [0.15, 0.2) is 90.2 Å². The van der Waals surface area contributed by atoms with E-state index in [9.17, 15) is 4.79 Å². The van der Waals surface area contributed by atoms with Crippen molar-refractivity contribution in [2.75, 3.05) is 19.6 Å². The summed E-state index contributed by atoms with van der Waals surface area (Å²) < 4.78 is 0. The average molecular weight is 564 g/mol. The van der Waals surface area contributed by atoms with Gasteiger partial charge >= 0.3 is 0 Å². The van der Waals surface area contributed by atoms with Gasteiger partial charge in [-0.25, -0.2) is 0 Å². The van der Waals surface area contributed by atoms with Crippen molar-refractivity contribution in [2.45, 2.75) is 57.4 Å². The summed E-state index contributed by atoms with van der Waals surface area (Å²) in [5.41, 5.74) is 9.56. The Balaban J connectivity index is 1.29. The van der Waals surface area contributed by atoms with E-state index in [0.717, 1.165) is 49.3 Å². The van der Waals surface area contributed by atoms with Gasteiger partial charge in [-0.3, -0.25) is 10.2 Å². The minimum Gasteiger partial charge on any atom is -0.361 e. The van der Waals surface area contributed by atoms with E-state index >= 15 is 0 Å². The second kappa shape index (κ2) is 13.2. The molecule has 1 aromatic heterocycles. The maximum absolute atomic E-state index is 13.6. The first-order valence-corrected chi connectivity index (χ1v) is 15.2. The Kier molecular flexibility index (Phi) is 8.82. The third-order valence-corrected chi connectivity index (χ3v) is 8.42. The lowest BCUT2D eigenvalue weighted by Crippen LogP contribution is -2.59. The third-order valence-electron chi connectivity index (χ3n) is 8.42. The van der Waals surface area contributed by atoms with Crippen molar-refractivity contribution in [1.82, 2.24) is 31.3 Å². The van der Waals surface area contributed by atoms with Gasteiger partial charge in [-0.1, -0.05) is 79.7 Å². The van der Waals surface area contributed by atoms with Crippen LogP contribution in [0.5, 0.6) is 0 Å². The molecule has 1 fully saturated rings. The Labute approximate surface area is 248 Å². The number of nitrogens with one attached hydrogen (secondary N) is 5. The summed E-state index contributed by atoms with van der Waals surface area (Å²) in [5, 5.41) is 16.2. The van der Waals surface area contributed by atoms with Gasteiger partial charge in [-0.15, -0.1) is 0 Å². The van der Waals surface area contributed by atoms with Crippen LogP contribution in [0.4, 0.5) is 0 Å². The van der Waals surface area contributed by atoms with E-state index in [1.54, 1.807) is 0 Å². The zero-order chi connectivity index (χ0) is 28.7. The van der Waals surface area contributed by atoms with Crippen molar-refractivity contribution in [2.24, 2.45) is 5.10 Å². The van der Waals surface area contributed by atoms with Gasteiger partial charge in [-0.2, -0.15) is 5.10 Å². The number of amidine groups is 1. The number of benzene rings is 3. The van der Waals surface area contributed by atoms with E-state index in [1.807, 2.05) is 6.07 Å². The second-order valence-electron chi connectivity index (χ2n) is 11.3. The molecule has 0 radical (unpaired) electrons. The molecular weight excluding hydrogens is 522 g/mol. The predicted molar refractivity (Wildman–Crippen MR) is 169 cm³/mol. The number of aryl methyl sites for hydroxylation is 2. The van der Waals surface area contributed by atoms with Crippen molar-refractivity contribution in [3.63, 3.8) is 0 Å². The highest BCUT2D eigenvalue weighted by Gasteiger charge is 2.35. The number of nitrogens with zero attached hydrogens (tertiary/aromatic N) is 2. The Bertz CT molecular complexity index is 1490. The maximum atomic E-state index is 13.6. The predicted octanol–water partition coefficient (Wildman–Crippen LogP) is 3.70. The lowest BCUT2D eigenvalue weighted by atomic mass is 10.0. The molecule has 0 spiro atoms. The number of rotatable bonds is 11. The molecular formula is C34H41N7O. The van der Waals surface area contributed by atoms with Gasteiger partial charge in [-0.05, 0) is 47.6 Å². The molecule has 3 atom stereocenters. The van der Waals surface area contributed by atoms with Crippen LogP contribution in [0.25, 0.3) is 10.9 Å². The molecule has 1 amide bonds. The lowest BCUT2D eigenvalue weighted by molar-refractivity contribution is -0.123. The summed E-state index contributed by atoms with van der Waals surface area (Å²) in [6, 6.07) is 27.2. The van der Waals surface area contributed by atoms with Gasteiger partial charge in [0.2, 0.25) is 5.91 Å². The molecule has 1 saturated heterocycles. The largest absolute Gasteiger partial charge is 0.361 e. The van der Waals surface area contributed by atoms with Gasteiger partial charge in [0.25, 0.3) is 0 Å². The lowest BCUT2D eigenvalue weighted by Gasteiger charge is -2.32. The van der Waals surface area contributed by atoms with E-state index < -0.39 is 0 Å². The number of fused-ring (bicyclic) bond motifs is 1. The van der Waals surface area contributed by atoms with Crippen LogP contribution in [0, 0.1) is 0 Å². The number of carbonyl (C=O) groups is 1. The molecule has 6 rings (SSSR count).